The third-order valence-corrected chi connectivity index (χ3v) is 4.95. The summed E-state index contributed by atoms with van der Waals surface area (Å²) in [5.74, 6) is 0.991. The first kappa shape index (κ1) is 19.0. The molecule has 0 bridgehead atoms. The van der Waals surface area contributed by atoms with E-state index in [-0.39, 0.29) is 5.91 Å². The Labute approximate surface area is 161 Å². The molecule has 0 saturated carbocycles. The highest BCUT2D eigenvalue weighted by molar-refractivity contribution is 5.95. The zero-order chi connectivity index (χ0) is 19.2. The molecule has 1 saturated heterocycles. The van der Waals surface area contributed by atoms with E-state index in [9.17, 15) is 4.79 Å². The highest BCUT2D eigenvalue weighted by Gasteiger charge is 2.21. The van der Waals surface area contributed by atoms with Crippen molar-refractivity contribution >= 4 is 17.6 Å². The monoisotopic (exact) mass is 364 g/mol. The van der Waals surface area contributed by atoms with Crippen LogP contribution in [0, 0.1) is 13.8 Å². The summed E-state index contributed by atoms with van der Waals surface area (Å²) in [4.78, 5) is 18.0. The van der Waals surface area contributed by atoms with Gasteiger partial charge in [0.05, 0.1) is 0 Å². The van der Waals surface area contributed by atoms with Gasteiger partial charge in [-0.3, -0.25) is 9.79 Å². The molecule has 5 heteroatoms. The van der Waals surface area contributed by atoms with Gasteiger partial charge in [-0.05, 0) is 49.1 Å². The van der Waals surface area contributed by atoms with Crippen molar-refractivity contribution in [3.05, 3.63) is 64.7 Å². The van der Waals surface area contributed by atoms with Crippen molar-refractivity contribution in [2.24, 2.45) is 4.99 Å². The van der Waals surface area contributed by atoms with Crippen LogP contribution in [0.2, 0.25) is 0 Å². The third-order valence-electron chi connectivity index (χ3n) is 4.95. The van der Waals surface area contributed by atoms with Gasteiger partial charge in [0, 0.05) is 38.8 Å². The van der Waals surface area contributed by atoms with Gasteiger partial charge in [-0.15, -0.1) is 0 Å². The van der Waals surface area contributed by atoms with Crippen LogP contribution in [-0.2, 0) is 17.9 Å². The fourth-order valence-electron chi connectivity index (χ4n) is 3.34. The van der Waals surface area contributed by atoms with Gasteiger partial charge in [0.1, 0.15) is 0 Å². The number of hydrogen-bond donors (Lipinski definition) is 2. The van der Waals surface area contributed by atoms with Crippen molar-refractivity contribution in [3.8, 4) is 0 Å². The molecular formula is C22H28N4O. The third kappa shape index (κ3) is 4.88. The number of anilines is 1. The largest absolute Gasteiger partial charge is 0.352 e. The smallest absolute Gasteiger partial charge is 0.227 e. The fourth-order valence-corrected chi connectivity index (χ4v) is 3.34. The number of benzene rings is 2. The average molecular weight is 364 g/mol. The Hall–Kier alpha value is -2.82. The number of aryl methyl sites for hydroxylation is 2. The molecule has 142 valence electrons. The maximum Gasteiger partial charge on any atom is 0.227 e. The molecule has 0 aliphatic carbocycles. The predicted molar refractivity (Wildman–Crippen MR) is 111 cm³/mol. The second-order valence-electron chi connectivity index (χ2n) is 7.02. The zero-order valence-corrected chi connectivity index (χ0v) is 16.4. The number of guanidine groups is 1. The Morgan fingerprint density at radius 1 is 1.07 bits per heavy atom. The summed E-state index contributed by atoms with van der Waals surface area (Å²) < 4.78 is 0. The number of hydrogen-bond acceptors (Lipinski definition) is 2. The second-order valence-corrected chi connectivity index (χ2v) is 7.02. The van der Waals surface area contributed by atoms with Crippen LogP contribution in [0.1, 0.15) is 35.1 Å². The molecular weight excluding hydrogens is 336 g/mol. The minimum Gasteiger partial charge on any atom is -0.352 e. The summed E-state index contributed by atoms with van der Waals surface area (Å²) in [6.07, 6.45) is 1.61. The first-order valence-electron chi connectivity index (χ1n) is 9.47. The van der Waals surface area contributed by atoms with Crippen LogP contribution in [0.25, 0.3) is 0 Å². The molecule has 0 spiro atoms. The highest BCUT2D eigenvalue weighted by Crippen LogP contribution is 2.21. The SMILES string of the molecule is CN=C(NCc1ccc(N2CCCC2=O)cc1)NCc1ccc(C)cc1C. The highest BCUT2D eigenvalue weighted by atomic mass is 16.2. The quantitative estimate of drug-likeness (QED) is 0.632. The van der Waals surface area contributed by atoms with Gasteiger partial charge in [0.2, 0.25) is 5.91 Å². The van der Waals surface area contributed by atoms with E-state index in [4.69, 9.17) is 0 Å². The van der Waals surface area contributed by atoms with E-state index in [0.717, 1.165) is 36.7 Å². The van der Waals surface area contributed by atoms with Gasteiger partial charge in [-0.1, -0.05) is 35.9 Å². The van der Waals surface area contributed by atoms with E-state index in [2.05, 4.69) is 59.8 Å². The molecule has 0 aromatic heterocycles. The van der Waals surface area contributed by atoms with E-state index in [1.54, 1.807) is 7.05 Å². The zero-order valence-electron chi connectivity index (χ0n) is 16.4. The molecule has 0 atom stereocenters. The van der Waals surface area contributed by atoms with Crippen LogP contribution in [0.4, 0.5) is 5.69 Å². The molecule has 0 unspecified atom stereocenters. The normalized spacial score (nSPS) is 14.6. The number of carbonyl (C=O) groups is 1. The first-order chi connectivity index (χ1) is 13.1. The van der Waals surface area contributed by atoms with Crippen molar-refractivity contribution in [1.29, 1.82) is 0 Å². The Morgan fingerprint density at radius 2 is 1.81 bits per heavy atom. The van der Waals surface area contributed by atoms with Crippen molar-refractivity contribution in [2.75, 3.05) is 18.5 Å². The van der Waals surface area contributed by atoms with E-state index in [1.807, 2.05) is 17.0 Å². The van der Waals surface area contributed by atoms with Crippen molar-refractivity contribution in [2.45, 2.75) is 39.8 Å². The summed E-state index contributed by atoms with van der Waals surface area (Å²) in [5.41, 5.74) is 5.96. The molecule has 1 heterocycles. The molecule has 1 aliphatic heterocycles. The lowest BCUT2D eigenvalue weighted by molar-refractivity contribution is -0.117. The van der Waals surface area contributed by atoms with Crippen molar-refractivity contribution in [3.63, 3.8) is 0 Å². The van der Waals surface area contributed by atoms with Crippen LogP contribution in [0.15, 0.2) is 47.5 Å². The molecule has 2 N–H and O–H groups in total. The van der Waals surface area contributed by atoms with Crippen LogP contribution < -0.4 is 15.5 Å². The predicted octanol–water partition coefficient (Wildman–Crippen LogP) is 3.30. The molecule has 27 heavy (non-hydrogen) atoms. The van der Waals surface area contributed by atoms with E-state index >= 15 is 0 Å². The number of nitrogens with one attached hydrogen (secondary N) is 2. The lowest BCUT2D eigenvalue weighted by Crippen LogP contribution is -2.36. The summed E-state index contributed by atoms with van der Waals surface area (Å²) in [7, 11) is 1.78. The number of carbonyl (C=O) groups excluding carboxylic acids is 1. The fraction of sp³-hybridized carbons (Fsp3) is 0.364. The van der Waals surface area contributed by atoms with Crippen LogP contribution in [0.3, 0.4) is 0 Å². The van der Waals surface area contributed by atoms with Gasteiger partial charge in [-0.25, -0.2) is 0 Å². The number of amides is 1. The molecule has 1 fully saturated rings. The van der Waals surface area contributed by atoms with E-state index in [1.165, 1.54) is 16.7 Å². The molecule has 1 amide bonds. The van der Waals surface area contributed by atoms with Gasteiger partial charge < -0.3 is 15.5 Å². The minimum absolute atomic E-state index is 0.219. The van der Waals surface area contributed by atoms with E-state index < -0.39 is 0 Å². The van der Waals surface area contributed by atoms with Gasteiger partial charge in [0.25, 0.3) is 0 Å². The summed E-state index contributed by atoms with van der Waals surface area (Å²) in [6, 6.07) is 14.6. The van der Waals surface area contributed by atoms with Crippen molar-refractivity contribution in [1.82, 2.24) is 10.6 Å². The maximum atomic E-state index is 11.8. The van der Waals surface area contributed by atoms with Gasteiger partial charge >= 0.3 is 0 Å². The standard InChI is InChI=1S/C22H28N4O/c1-16-6-9-19(17(2)13-16)15-25-22(23-3)24-14-18-7-10-20(11-8-18)26-12-4-5-21(26)27/h6-11,13H,4-5,12,14-15H2,1-3H3,(H2,23,24,25). The molecule has 2 aromatic carbocycles. The molecule has 2 aromatic rings. The Morgan fingerprint density at radius 3 is 2.44 bits per heavy atom. The topological polar surface area (TPSA) is 56.7 Å². The van der Waals surface area contributed by atoms with Crippen LogP contribution in [0.5, 0.6) is 0 Å². The van der Waals surface area contributed by atoms with Crippen LogP contribution in [-0.4, -0.2) is 25.5 Å². The first-order valence-corrected chi connectivity index (χ1v) is 9.47. The summed E-state index contributed by atoms with van der Waals surface area (Å²) in [6.45, 7) is 6.48. The Kier molecular flexibility index (Phi) is 6.12. The summed E-state index contributed by atoms with van der Waals surface area (Å²) in [5, 5.41) is 6.71. The maximum absolute atomic E-state index is 11.8. The number of rotatable bonds is 5. The molecule has 3 rings (SSSR count). The minimum atomic E-state index is 0.219. The molecule has 5 nitrogen and oxygen atoms in total. The Balaban J connectivity index is 1.52. The lowest BCUT2D eigenvalue weighted by atomic mass is 10.1. The number of aliphatic imine (C=N–C) groups is 1. The van der Waals surface area contributed by atoms with Gasteiger partial charge in [-0.2, -0.15) is 0 Å². The van der Waals surface area contributed by atoms with E-state index in [0.29, 0.717) is 13.0 Å². The second kappa shape index (κ2) is 8.71. The number of nitrogens with zero attached hydrogens (tertiary/aromatic N) is 2. The van der Waals surface area contributed by atoms with Crippen molar-refractivity contribution < 1.29 is 4.79 Å². The summed E-state index contributed by atoms with van der Waals surface area (Å²) >= 11 is 0. The Bertz CT molecular complexity index is 827. The molecule has 1 aliphatic rings. The lowest BCUT2D eigenvalue weighted by Gasteiger charge is -2.16. The average Bonchev–Trinajstić information content (AvgIpc) is 3.09. The molecule has 0 radical (unpaired) electrons. The van der Waals surface area contributed by atoms with Gasteiger partial charge in [0.15, 0.2) is 5.96 Å². The van der Waals surface area contributed by atoms with Crippen LogP contribution >= 0.6 is 0 Å².